The molecule has 2 aromatic rings. The summed E-state index contributed by atoms with van der Waals surface area (Å²) in [5, 5.41) is 10.4. The van der Waals surface area contributed by atoms with Crippen LogP contribution in [0.5, 0.6) is 0 Å². The Morgan fingerprint density at radius 3 is 2.64 bits per heavy atom. The number of imidazole rings is 1. The van der Waals surface area contributed by atoms with Crippen molar-refractivity contribution in [2.75, 3.05) is 0 Å². The van der Waals surface area contributed by atoms with Crippen LogP contribution in [0.1, 0.15) is 25.6 Å². The van der Waals surface area contributed by atoms with E-state index in [-0.39, 0.29) is 0 Å². The highest BCUT2D eigenvalue weighted by atomic mass is 15.3. The first-order valence-electron chi connectivity index (χ1n) is 4.58. The molecule has 0 fully saturated rings. The van der Waals surface area contributed by atoms with Crippen LogP contribution in [0.2, 0.25) is 0 Å². The fraction of sp³-hybridized carbons (Fsp3) is 0.444. The molecule has 14 heavy (non-hydrogen) atoms. The zero-order chi connectivity index (χ0) is 10.1. The molecule has 74 valence electrons. The van der Waals surface area contributed by atoms with E-state index in [1.54, 1.807) is 6.20 Å². The molecule has 0 spiro atoms. The first-order valence-corrected chi connectivity index (χ1v) is 4.58. The molecule has 0 atom stereocenters. The van der Waals surface area contributed by atoms with Gasteiger partial charge in [-0.2, -0.15) is 15.4 Å². The molecule has 2 heterocycles. The van der Waals surface area contributed by atoms with Crippen molar-refractivity contribution in [3.05, 3.63) is 18.2 Å². The Balaban J connectivity index is 2.47. The highest BCUT2D eigenvalue weighted by molar-refractivity contribution is 5.52. The number of hydrogen-bond donors (Lipinski definition) is 1. The van der Waals surface area contributed by atoms with Gasteiger partial charge in [-0.25, -0.2) is 4.98 Å². The lowest BCUT2D eigenvalue weighted by Crippen LogP contribution is -2.01. The van der Waals surface area contributed by atoms with Crippen molar-refractivity contribution in [2.45, 2.75) is 19.8 Å². The largest absolute Gasteiger partial charge is 0.330 e. The molecule has 0 aromatic carbocycles. The third-order valence-corrected chi connectivity index (χ3v) is 2.22. The van der Waals surface area contributed by atoms with E-state index in [2.05, 4.69) is 34.2 Å². The molecule has 2 aromatic heterocycles. The van der Waals surface area contributed by atoms with E-state index in [1.165, 1.54) is 0 Å². The van der Waals surface area contributed by atoms with E-state index in [0.717, 1.165) is 17.2 Å². The van der Waals surface area contributed by atoms with Crippen LogP contribution in [-0.4, -0.2) is 25.0 Å². The van der Waals surface area contributed by atoms with Gasteiger partial charge in [0.15, 0.2) is 0 Å². The topological polar surface area (TPSA) is 59.4 Å². The zero-order valence-electron chi connectivity index (χ0n) is 8.52. The second-order valence-electron chi connectivity index (χ2n) is 3.57. The van der Waals surface area contributed by atoms with Crippen molar-refractivity contribution in [1.29, 1.82) is 0 Å². The summed E-state index contributed by atoms with van der Waals surface area (Å²) in [5.74, 6) is 1.48. The monoisotopic (exact) mass is 191 g/mol. The highest BCUT2D eigenvalue weighted by Crippen LogP contribution is 2.20. The fourth-order valence-electron chi connectivity index (χ4n) is 1.52. The van der Waals surface area contributed by atoms with E-state index in [0.29, 0.717) is 5.92 Å². The van der Waals surface area contributed by atoms with Gasteiger partial charge >= 0.3 is 0 Å². The molecule has 0 aliphatic carbocycles. The summed E-state index contributed by atoms with van der Waals surface area (Å²) in [5.41, 5.74) is 1.81. The Hall–Kier alpha value is -1.65. The minimum absolute atomic E-state index is 0.417. The van der Waals surface area contributed by atoms with Gasteiger partial charge in [0.25, 0.3) is 0 Å². The summed E-state index contributed by atoms with van der Waals surface area (Å²) in [6, 6.07) is 0. The molecule has 0 radical (unpaired) electrons. The van der Waals surface area contributed by atoms with Crippen LogP contribution in [0, 0.1) is 0 Å². The second kappa shape index (κ2) is 3.25. The average molecular weight is 191 g/mol. The molecular formula is C9H13N5. The number of hydrogen-bond acceptors (Lipinski definition) is 3. The van der Waals surface area contributed by atoms with Crippen LogP contribution in [-0.2, 0) is 7.05 Å². The number of rotatable bonds is 2. The lowest BCUT2D eigenvalue weighted by molar-refractivity contribution is 0.713. The molecule has 0 bridgehead atoms. The van der Waals surface area contributed by atoms with E-state index in [9.17, 15) is 0 Å². The molecule has 0 aliphatic heterocycles. The minimum atomic E-state index is 0.417. The van der Waals surface area contributed by atoms with Crippen LogP contribution in [0.3, 0.4) is 0 Å². The quantitative estimate of drug-likeness (QED) is 0.779. The minimum Gasteiger partial charge on any atom is -0.330 e. The molecule has 2 rings (SSSR count). The van der Waals surface area contributed by atoms with Crippen molar-refractivity contribution < 1.29 is 0 Å². The third kappa shape index (κ3) is 1.30. The lowest BCUT2D eigenvalue weighted by Gasteiger charge is -2.06. The van der Waals surface area contributed by atoms with Gasteiger partial charge in [0.2, 0.25) is 0 Å². The first-order chi connectivity index (χ1) is 6.70. The maximum atomic E-state index is 4.35. The summed E-state index contributed by atoms with van der Waals surface area (Å²) in [6.45, 7) is 4.24. The number of aromatic nitrogens is 5. The second-order valence-corrected chi connectivity index (χ2v) is 3.57. The predicted molar refractivity (Wildman–Crippen MR) is 52.7 cm³/mol. The Bertz CT molecular complexity index is 412. The van der Waals surface area contributed by atoms with Gasteiger partial charge in [-0.15, -0.1) is 0 Å². The van der Waals surface area contributed by atoms with Crippen molar-refractivity contribution in [2.24, 2.45) is 7.05 Å². The van der Waals surface area contributed by atoms with Gasteiger partial charge < -0.3 is 4.57 Å². The van der Waals surface area contributed by atoms with Crippen molar-refractivity contribution in [1.82, 2.24) is 25.0 Å². The van der Waals surface area contributed by atoms with E-state index in [4.69, 9.17) is 0 Å². The number of aromatic amines is 1. The SMILES string of the molecule is CC(C)c1ncc(-c2cn[nH]n2)n1C. The number of nitrogens with one attached hydrogen (secondary N) is 1. The summed E-state index contributed by atoms with van der Waals surface area (Å²) >= 11 is 0. The molecule has 0 amide bonds. The van der Waals surface area contributed by atoms with Gasteiger partial charge in [0, 0.05) is 13.0 Å². The predicted octanol–water partition coefficient (Wildman–Crippen LogP) is 1.33. The van der Waals surface area contributed by atoms with Crippen LogP contribution in [0.15, 0.2) is 12.4 Å². The molecule has 5 nitrogen and oxygen atoms in total. The Labute approximate surface area is 82.2 Å². The average Bonchev–Trinajstić information content (AvgIpc) is 2.71. The molecule has 5 heteroatoms. The van der Waals surface area contributed by atoms with Crippen LogP contribution in [0.4, 0.5) is 0 Å². The van der Waals surface area contributed by atoms with Gasteiger partial charge in [-0.05, 0) is 0 Å². The van der Waals surface area contributed by atoms with Crippen LogP contribution >= 0.6 is 0 Å². The van der Waals surface area contributed by atoms with E-state index >= 15 is 0 Å². The first kappa shape index (κ1) is 8.93. The van der Waals surface area contributed by atoms with Crippen molar-refractivity contribution >= 4 is 0 Å². The molecular weight excluding hydrogens is 178 g/mol. The van der Waals surface area contributed by atoms with Crippen molar-refractivity contribution in [3.63, 3.8) is 0 Å². The summed E-state index contributed by atoms with van der Waals surface area (Å²) < 4.78 is 2.04. The normalized spacial score (nSPS) is 11.1. The van der Waals surface area contributed by atoms with Gasteiger partial charge in [-0.1, -0.05) is 13.8 Å². The van der Waals surface area contributed by atoms with Crippen molar-refractivity contribution in [3.8, 4) is 11.4 Å². The number of nitrogens with zero attached hydrogens (tertiary/aromatic N) is 4. The fourth-order valence-corrected chi connectivity index (χ4v) is 1.52. The molecule has 0 aliphatic rings. The van der Waals surface area contributed by atoms with Crippen LogP contribution < -0.4 is 0 Å². The third-order valence-electron chi connectivity index (χ3n) is 2.22. The Kier molecular flexibility index (Phi) is 2.07. The highest BCUT2D eigenvalue weighted by Gasteiger charge is 2.12. The standard InChI is InChI=1S/C9H13N5/c1-6(2)9-10-5-8(14(9)3)7-4-11-13-12-7/h4-6H,1-3H3,(H,11,12,13). The van der Waals surface area contributed by atoms with Gasteiger partial charge in [0.05, 0.1) is 18.1 Å². The summed E-state index contributed by atoms with van der Waals surface area (Å²) in [4.78, 5) is 4.35. The Morgan fingerprint density at radius 1 is 1.36 bits per heavy atom. The molecule has 0 saturated heterocycles. The molecule has 1 N–H and O–H groups in total. The van der Waals surface area contributed by atoms with Gasteiger partial charge in [0.1, 0.15) is 11.5 Å². The van der Waals surface area contributed by atoms with E-state index < -0.39 is 0 Å². The maximum Gasteiger partial charge on any atom is 0.130 e. The van der Waals surface area contributed by atoms with Crippen LogP contribution in [0.25, 0.3) is 11.4 Å². The molecule has 0 unspecified atom stereocenters. The van der Waals surface area contributed by atoms with Gasteiger partial charge in [-0.3, -0.25) is 0 Å². The zero-order valence-corrected chi connectivity index (χ0v) is 8.52. The summed E-state index contributed by atoms with van der Waals surface area (Å²) in [7, 11) is 1.99. The molecule has 0 saturated carbocycles. The van der Waals surface area contributed by atoms with E-state index in [1.807, 2.05) is 17.8 Å². The number of H-pyrrole nitrogens is 1. The lowest BCUT2D eigenvalue weighted by atomic mass is 10.2. The summed E-state index contributed by atoms with van der Waals surface area (Å²) in [6.07, 6.45) is 3.52. The Morgan fingerprint density at radius 2 is 2.14 bits per heavy atom. The smallest absolute Gasteiger partial charge is 0.130 e. The maximum absolute atomic E-state index is 4.35.